The number of halogens is 3. The molecule has 0 saturated carbocycles. The number of aromatic nitrogens is 1. The molecule has 0 saturated heterocycles. The van der Waals surface area contributed by atoms with Crippen molar-refractivity contribution in [2.24, 2.45) is 0 Å². The molecule has 0 fully saturated rings. The average molecular weight is 268 g/mol. The van der Waals surface area contributed by atoms with Crippen LogP contribution in [0.4, 0.5) is 18.9 Å². The number of nitrogens with zero attached hydrogens (tertiary/aromatic N) is 1. The van der Waals surface area contributed by atoms with Crippen molar-refractivity contribution in [2.45, 2.75) is 13.3 Å². The number of hydrogen-bond acceptors (Lipinski definition) is 3. The third-order valence-electron chi connectivity index (χ3n) is 2.44. The number of nitrogens with two attached hydrogens (primary N) is 1. The van der Waals surface area contributed by atoms with E-state index in [1.165, 1.54) is 24.4 Å². The predicted octanol–water partition coefficient (Wildman–Crippen LogP) is 3.54. The normalized spacial score (nSPS) is 11.4. The van der Waals surface area contributed by atoms with Crippen LogP contribution in [0.2, 0.25) is 0 Å². The summed E-state index contributed by atoms with van der Waals surface area (Å²) in [4.78, 5) is 4.00. The van der Waals surface area contributed by atoms with Crippen LogP contribution in [0.25, 0.3) is 11.1 Å². The van der Waals surface area contributed by atoms with E-state index >= 15 is 0 Å². The Labute approximate surface area is 107 Å². The Morgan fingerprint density at radius 3 is 2.53 bits per heavy atom. The lowest BCUT2D eigenvalue weighted by molar-refractivity contribution is -0.274. The van der Waals surface area contributed by atoms with Crippen LogP contribution in [-0.4, -0.2) is 11.3 Å². The van der Waals surface area contributed by atoms with Crippen molar-refractivity contribution < 1.29 is 17.9 Å². The maximum atomic E-state index is 12.4. The predicted molar refractivity (Wildman–Crippen MR) is 65.5 cm³/mol. The van der Waals surface area contributed by atoms with Gasteiger partial charge in [0.2, 0.25) is 0 Å². The second-order valence-corrected chi connectivity index (χ2v) is 3.99. The second-order valence-electron chi connectivity index (χ2n) is 3.99. The fraction of sp³-hybridized carbons (Fsp3) is 0.154. The van der Waals surface area contributed by atoms with E-state index in [0.717, 1.165) is 0 Å². The van der Waals surface area contributed by atoms with Gasteiger partial charge in [-0.05, 0) is 42.8 Å². The lowest BCUT2D eigenvalue weighted by Gasteiger charge is -2.14. The Hall–Kier alpha value is -2.24. The molecule has 0 aliphatic heterocycles. The number of rotatable bonds is 2. The fourth-order valence-electron chi connectivity index (χ4n) is 1.70. The second kappa shape index (κ2) is 4.79. The highest BCUT2D eigenvalue weighted by Crippen LogP contribution is 2.35. The number of aryl methyl sites for hydroxylation is 1. The molecule has 19 heavy (non-hydrogen) atoms. The summed E-state index contributed by atoms with van der Waals surface area (Å²) in [5.41, 5.74) is 7.52. The van der Waals surface area contributed by atoms with E-state index in [9.17, 15) is 13.2 Å². The highest BCUT2D eigenvalue weighted by atomic mass is 19.4. The van der Waals surface area contributed by atoms with Crippen LogP contribution >= 0.6 is 0 Å². The number of benzene rings is 1. The molecule has 0 amide bonds. The molecule has 2 aromatic rings. The molecule has 0 spiro atoms. The lowest BCUT2D eigenvalue weighted by Crippen LogP contribution is -2.17. The molecule has 6 heteroatoms. The molecule has 2 rings (SSSR count). The molecule has 1 aromatic heterocycles. The first-order valence-corrected chi connectivity index (χ1v) is 5.43. The maximum Gasteiger partial charge on any atom is 0.573 e. The van der Waals surface area contributed by atoms with Crippen molar-refractivity contribution in [1.82, 2.24) is 4.98 Å². The van der Waals surface area contributed by atoms with Crippen LogP contribution in [0, 0.1) is 6.92 Å². The molecule has 0 aliphatic rings. The zero-order valence-corrected chi connectivity index (χ0v) is 10.0. The minimum absolute atomic E-state index is 0.280. The maximum absolute atomic E-state index is 12.4. The van der Waals surface area contributed by atoms with Gasteiger partial charge in [-0.15, -0.1) is 13.2 Å². The smallest absolute Gasteiger partial charge is 0.405 e. The van der Waals surface area contributed by atoms with E-state index < -0.39 is 6.36 Å². The number of pyridine rings is 1. The molecule has 3 nitrogen and oxygen atoms in total. The standard InChI is InChI=1S/C13H11F3N2O/c1-8-6-9(4-5-18-8)11-7-10(17)2-3-12(11)19-13(14,15)16/h2-7H,17H2,1H3. The van der Waals surface area contributed by atoms with Crippen LogP contribution in [0.1, 0.15) is 5.69 Å². The zero-order chi connectivity index (χ0) is 14.0. The molecule has 0 bridgehead atoms. The molecule has 2 N–H and O–H groups in total. The van der Waals surface area contributed by atoms with Crippen LogP contribution in [0.3, 0.4) is 0 Å². The van der Waals surface area contributed by atoms with Crippen molar-refractivity contribution >= 4 is 5.69 Å². The lowest BCUT2D eigenvalue weighted by atomic mass is 10.0. The van der Waals surface area contributed by atoms with Gasteiger partial charge in [0, 0.05) is 23.1 Å². The molecule has 0 radical (unpaired) electrons. The van der Waals surface area contributed by atoms with Gasteiger partial charge in [0.25, 0.3) is 0 Å². The van der Waals surface area contributed by atoms with Gasteiger partial charge < -0.3 is 10.5 Å². The molecule has 0 unspecified atom stereocenters. The molecule has 1 heterocycles. The van der Waals surface area contributed by atoms with E-state index in [-0.39, 0.29) is 11.3 Å². The van der Waals surface area contributed by atoms with Crippen molar-refractivity contribution in [2.75, 3.05) is 5.73 Å². The summed E-state index contributed by atoms with van der Waals surface area (Å²) in [7, 11) is 0. The molecular formula is C13H11F3N2O. The summed E-state index contributed by atoms with van der Waals surface area (Å²) in [6.07, 6.45) is -3.22. The Morgan fingerprint density at radius 1 is 1.16 bits per heavy atom. The molecule has 1 aromatic carbocycles. The Morgan fingerprint density at radius 2 is 1.89 bits per heavy atom. The van der Waals surface area contributed by atoms with Crippen molar-refractivity contribution in [3.8, 4) is 16.9 Å². The van der Waals surface area contributed by atoms with Gasteiger partial charge in [-0.3, -0.25) is 4.98 Å². The minimum Gasteiger partial charge on any atom is -0.405 e. The topological polar surface area (TPSA) is 48.1 Å². The van der Waals surface area contributed by atoms with Gasteiger partial charge in [0.05, 0.1) is 0 Å². The van der Waals surface area contributed by atoms with E-state index in [4.69, 9.17) is 5.73 Å². The van der Waals surface area contributed by atoms with Gasteiger partial charge in [-0.2, -0.15) is 0 Å². The van der Waals surface area contributed by atoms with Crippen molar-refractivity contribution in [1.29, 1.82) is 0 Å². The Kier molecular flexibility index (Phi) is 3.33. The third-order valence-corrected chi connectivity index (χ3v) is 2.44. The van der Waals surface area contributed by atoms with Crippen molar-refractivity contribution in [3.63, 3.8) is 0 Å². The van der Waals surface area contributed by atoms with Crippen LogP contribution in [0.5, 0.6) is 5.75 Å². The summed E-state index contributed by atoms with van der Waals surface area (Å²) in [6, 6.07) is 7.27. The fourth-order valence-corrected chi connectivity index (χ4v) is 1.70. The molecule has 0 atom stereocenters. The average Bonchev–Trinajstić information content (AvgIpc) is 2.30. The third kappa shape index (κ3) is 3.37. The monoisotopic (exact) mass is 268 g/mol. The van der Waals surface area contributed by atoms with Gasteiger partial charge >= 0.3 is 6.36 Å². The zero-order valence-electron chi connectivity index (χ0n) is 10.0. The SMILES string of the molecule is Cc1cc(-c2cc(N)ccc2OC(F)(F)F)ccn1. The minimum atomic E-state index is -4.74. The van der Waals surface area contributed by atoms with Gasteiger partial charge in [0.15, 0.2) is 0 Å². The number of ether oxygens (including phenoxy) is 1. The van der Waals surface area contributed by atoms with Crippen LogP contribution in [0.15, 0.2) is 36.5 Å². The summed E-state index contributed by atoms with van der Waals surface area (Å²) < 4.78 is 41.1. The Balaban J connectivity index is 2.51. The van der Waals surface area contributed by atoms with Gasteiger partial charge in [-0.1, -0.05) is 0 Å². The first-order chi connectivity index (χ1) is 8.85. The summed E-state index contributed by atoms with van der Waals surface area (Å²) >= 11 is 0. The number of nitrogen functional groups attached to an aromatic ring is 1. The number of anilines is 1. The highest BCUT2D eigenvalue weighted by Gasteiger charge is 2.32. The molecular weight excluding hydrogens is 257 g/mol. The van der Waals surface area contributed by atoms with E-state index in [2.05, 4.69) is 9.72 Å². The first-order valence-electron chi connectivity index (χ1n) is 5.43. The first kappa shape index (κ1) is 13.2. The Bertz CT molecular complexity index is 597. The van der Waals surface area contributed by atoms with Crippen molar-refractivity contribution in [3.05, 3.63) is 42.2 Å². The van der Waals surface area contributed by atoms with Crippen LogP contribution < -0.4 is 10.5 Å². The van der Waals surface area contributed by atoms with E-state index in [1.54, 1.807) is 19.1 Å². The van der Waals surface area contributed by atoms with Crippen LogP contribution in [-0.2, 0) is 0 Å². The molecule has 100 valence electrons. The van der Waals surface area contributed by atoms with E-state index in [0.29, 0.717) is 16.9 Å². The molecule has 0 aliphatic carbocycles. The van der Waals surface area contributed by atoms with E-state index in [1.807, 2.05) is 0 Å². The largest absolute Gasteiger partial charge is 0.573 e. The number of hydrogen-bond donors (Lipinski definition) is 1. The summed E-state index contributed by atoms with van der Waals surface area (Å²) in [6.45, 7) is 1.75. The highest BCUT2D eigenvalue weighted by molar-refractivity contribution is 5.73. The van der Waals surface area contributed by atoms with Gasteiger partial charge in [0.1, 0.15) is 5.75 Å². The van der Waals surface area contributed by atoms with Gasteiger partial charge in [-0.25, -0.2) is 0 Å². The summed E-state index contributed by atoms with van der Waals surface area (Å²) in [5, 5.41) is 0. The quantitative estimate of drug-likeness (QED) is 0.847. The number of alkyl halides is 3. The summed E-state index contributed by atoms with van der Waals surface area (Å²) in [5.74, 6) is -0.285.